The molecule has 0 aliphatic rings. The fourth-order valence-electron chi connectivity index (χ4n) is 2.44. The number of carbonyl (C=O) groups excluding carboxylic acids is 1. The first-order valence-electron chi connectivity index (χ1n) is 6.77. The average molecular weight is 274 g/mol. The predicted octanol–water partition coefficient (Wildman–Crippen LogP) is 3.70. The molecule has 0 saturated carbocycles. The molecule has 0 fully saturated rings. The molecule has 102 valence electrons. The number of rotatable bonds is 3. The Morgan fingerprint density at radius 2 is 1.90 bits per heavy atom. The van der Waals surface area contributed by atoms with E-state index in [1.165, 1.54) is 0 Å². The first kappa shape index (κ1) is 13.1. The lowest BCUT2D eigenvalue weighted by Crippen LogP contribution is -2.09. The third-order valence-electron chi connectivity index (χ3n) is 3.62. The highest BCUT2D eigenvalue weighted by atomic mass is 16.1. The summed E-state index contributed by atoms with van der Waals surface area (Å²) in [6.07, 6.45) is 1.86. The second-order valence-corrected chi connectivity index (χ2v) is 5.08. The number of aryl methyl sites for hydroxylation is 1. The van der Waals surface area contributed by atoms with Gasteiger partial charge in [-0.15, -0.1) is 0 Å². The lowest BCUT2D eigenvalue weighted by atomic mass is 10.1. The fourth-order valence-corrected chi connectivity index (χ4v) is 2.44. The summed E-state index contributed by atoms with van der Waals surface area (Å²) < 4.78 is 1.89. The van der Waals surface area contributed by atoms with Crippen LogP contribution in [0.2, 0.25) is 0 Å². The average Bonchev–Trinajstić information content (AvgIpc) is 2.91. The van der Waals surface area contributed by atoms with Crippen LogP contribution in [0.15, 0.2) is 54.7 Å². The summed E-state index contributed by atoms with van der Waals surface area (Å²) in [6, 6.07) is 17.2. The SMILES string of the molecule is Cc1ccc(C(=O)Cn2ccc3c(C#N)cccc32)cc1. The van der Waals surface area contributed by atoms with Crippen LogP contribution in [0, 0.1) is 18.3 Å². The Kier molecular flexibility index (Phi) is 3.29. The minimum atomic E-state index is 0.0647. The van der Waals surface area contributed by atoms with Crippen molar-refractivity contribution in [3.05, 3.63) is 71.4 Å². The standard InChI is InChI=1S/C18H14N2O/c1-13-5-7-14(8-6-13)18(21)12-20-10-9-16-15(11-19)3-2-4-17(16)20/h2-10H,12H2,1H3. The van der Waals surface area contributed by atoms with E-state index in [1.54, 1.807) is 6.07 Å². The lowest BCUT2D eigenvalue weighted by Gasteiger charge is -2.05. The first-order valence-corrected chi connectivity index (χ1v) is 6.77. The smallest absolute Gasteiger partial charge is 0.182 e. The Morgan fingerprint density at radius 3 is 2.62 bits per heavy atom. The zero-order chi connectivity index (χ0) is 14.8. The molecule has 0 spiro atoms. The summed E-state index contributed by atoms with van der Waals surface area (Å²) in [4.78, 5) is 12.3. The van der Waals surface area contributed by atoms with Gasteiger partial charge in [0, 0.05) is 22.7 Å². The molecule has 0 aliphatic carbocycles. The molecule has 0 amide bonds. The van der Waals surface area contributed by atoms with Gasteiger partial charge in [-0.1, -0.05) is 35.9 Å². The summed E-state index contributed by atoms with van der Waals surface area (Å²) in [6.45, 7) is 2.28. The fraction of sp³-hybridized carbons (Fsp3) is 0.111. The molecule has 0 bridgehead atoms. The molecular formula is C18H14N2O. The molecule has 3 nitrogen and oxygen atoms in total. The van der Waals surface area contributed by atoms with Crippen molar-refractivity contribution in [3.8, 4) is 6.07 Å². The highest BCUT2D eigenvalue weighted by Crippen LogP contribution is 2.20. The van der Waals surface area contributed by atoms with E-state index in [2.05, 4.69) is 6.07 Å². The maximum Gasteiger partial charge on any atom is 0.182 e. The maximum atomic E-state index is 12.3. The van der Waals surface area contributed by atoms with E-state index in [-0.39, 0.29) is 12.3 Å². The van der Waals surface area contributed by atoms with Gasteiger partial charge in [0.05, 0.1) is 18.2 Å². The highest BCUT2D eigenvalue weighted by Gasteiger charge is 2.10. The zero-order valence-electron chi connectivity index (χ0n) is 11.7. The minimum absolute atomic E-state index is 0.0647. The van der Waals surface area contributed by atoms with Crippen molar-refractivity contribution < 1.29 is 4.79 Å². The van der Waals surface area contributed by atoms with Gasteiger partial charge in [0.2, 0.25) is 0 Å². The summed E-state index contributed by atoms with van der Waals surface area (Å²) in [5.41, 5.74) is 3.39. The second kappa shape index (κ2) is 5.26. The number of aromatic nitrogens is 1. The lowest BCUT2D eigenvalue weighted by molar-refractivity contribution is 0.0973. The van der Waals surface area contributed by atoms with Crippen molar-refractivity contribution >= 4 is 16.7 Å². The largest absolute Gasteiger partial charge is 0.340 e. The Hall–Kier alpha value is -2.86. The van der Waals surface area contributed by atoms with E-state index in [9.17, 15) is 4.79 Å². The van der Waals surface area contributed by atoms with Crippen molar-refractivity contribution in [2.45, 2.75) is 13.5 Å². The molecule has 0 N–H and O–H groups in total. The molecule has 0 atom stereocenters. The number of carbonyl (C=O) groups is 1. The topological polar surface area (TPSA) is 45.8 Å². The third-order valence-corrected chi connectivity index (χ3v) is 3.62. The molecule has 3 aromatic rings. The minimum Gasteiger partial charge on any atom is -0.340 e. The molecule has 3 rings (SSSR count). The third kappa shape index (κ3) is 2.44. The monoisotopic (exact) mass is 274 g/mol. The van der Waals surface area contributed by atoms with Gasteiger partial charge in [-0.2, -0.15) is 5.26 Å². The van der Waals surface area contributed by atoms with Crippen molar-refractivity contribution in [2.75, 3.05) is 0 Å². The normalized spacial score (nSPS) is 10.5. The highest BCUT2D eigenvalue weighted by molar-refractivity contribution is 5.97. The van der Waals surface area contributed by atoms with E-state index >= 15 is 0 Å². The van der Waals surface area contributed by atoms with Crippen LogP contribution in [0.5, 0.6) is 0 Å². The Bertz CT molecular complexity index is 851. The summed E-state index contributed by atoms with van der Waals surface area (Å²) in [5, 5.41) is 9.99. The van der Waals surface area contributed by atoms with Crippen LogP contribution >= 0.6 is 0 Å². The van der Waals surface area contributed by atoms with Gasteiger partial charge in [-0.25, -0.2) is 0 Å². The van der Waals surface area contributed by atoms with E-state index in [0.717, 1.165) is 16.5 Å². The number of hydrogen-bond acceptors (Lipinski definition) is 2. The number of ketones is 1. The Labute approximate surface area is 123 Å². The van der Waals surface area contributed by atoms with Crippen molar-refractivity contribution in [2.24, 2.45) is 0 Å². The van der Waals surface area contributed by atoms with Crippen LogP contribution in [0.25, 0.3) is 10.9 Å². The number of hydrogen-bond donors (Lipinski definition) is 0. The molecule has 0 aliphatic heterocycles. The quantitative estimate of drug-likeness (QED) is 0.683. The summed E-state index contributed by atoms with van der Waals surface area (Å²) in [7, 11) is 0. The molecular weight excluding hydrogens is 260 g/mol. The number of Topliss-reactive ketones (excluding diaryl/α,β-unsaturated/α-hetero) is 1. The van der Waals surface area contributed by atoms with Crippen LogP contribution in [-0.4, -0.2) is 10.4 Å². The zero-order valence-corrected chi connectivity index (χ0v) is 11.7. The molecule has 2 aromatic carbocycles. The van der Waals surface area contributed by atoms with Gasteiger partial charge in [0.25, 0.3) is 0 Å². The van der Waals surface area contributed by atoms with Crippen molar-refractivity contribution in [1.82, 2.24) is 4.57 Å². The van der Waals surface area contributed by atoms with Crippen LogP contribution in [0.3, 0.4) is 0 Å². The van der Waals surface area contributed by atoms with Gasteiger partial charge in [0.15, 0.2) is 5.78 Å². The molecule has 1 heterocycles. The van der Waals surface area contributed by atoms with Gasteiger partial charge in [0.1, 0.15) is 0 Å². The Balaban J connectivity index is 1.94. The van der Waals surface area contributed by atoms with E-state index in [4.69, 9.17) is 5.26 Å². The van der Waals surface area contributed by atoms with Gasteiger partial charge in [-0.05, 0) is 25.1 Å². The van der Waals surface area contributed by atoms with E-state index < -0.39 is 0 Å². The molecule has 0 saturated heterocycles. The van der Waals surface area contributed by atoms with Crippen molar-refractivity contribution in [3.63, 3.8) is 0 Å². The van der Waals surface area contributed by atoms with Crippen LogP contribution in [0.4, 0.5) is 0 Å². The summed E-state index contributed by atoms with van der Waals surface area (Å²) >= 11 is 0. The summed E-state index contributed by atoms with van der Waals surface area (Å²) in [5.74, 6) is 0.0647. The van der Waals surface area contributed by atoms with Crippen LogP contribution < -0.4 is 0 Å². The van der Waals surface area contributed by atoms with Gasteiger partial charge in [-0.3, -0.25) is 4.79 Å². The number of benzene rings is 2. The predicted molar refractivity (Wildman–Crippen MR) is 82.2 cm³/mol. The number of nitriles is 1. The van der Waals surface area contributed by atoms with Gasteiger partial charge >= 0.3 is 0 Å². The van der Waals surface area contributed by atoms with Crippen LogP contribution in [-0.2, 0) is 6.54 Å². The Morgan fingerprint density at radius 1 is 1.14 bits per heavy atom. The second-order valence-electron chi connectivity index (χ2n) is 5.08. The molecule has 1 aromatic heterocycles. The molecule has 0 unspecified atom stereocenters. The van der Waals surface area contributed by atoms with Crippen LogP contribution in [0.1, 0.15) is 21.5 Å². The maximum absolute atomic E-state index is 12.3. The molecule has 21 heavy (non-hydrogen) atoms. The van der Waals surface area contributed by atoms with Crippen molar-refractivity contribution in [1.29, 1.82) is 5.26 Å². The van der Waals surface area contributed by atoms with E-state index in [1.807, 2.05) is 60.2 Å². The van der Waals surface area contributed by atoms with E-state index in [0.29, 0.717) is 11.1 Å². The molecule has 3 heteroatoms. The van der Waals surface area contributed by atoms with Gasteiger partial charge < -0.3 is 4.57 Å². The molecule has 0 radical (unpaired) electrons. The first-order chi connectivity index (χ1) is 10.2. The number of nitrogens with zero attached hydrogens (tertiary/aromatic N) is 2. The number of fused-ring (bicyclic) bond motifs is 1.